The second-order valence-corrected chi connectivity index (χ2v) is 9.05. The largest absolute Gasteiger partial charge is 0.320 e. The first-order valence-electron chi connectivity index (χ1n) is 9.36. The molecule has 1 aromatic carbocycles. The number of fused-ring (bicyclic) bond motifs is 1. The maximum absolute atomic E-state index is 13.7. The molecular weight excluding hydrogens is 435 g/mol. The Labute approximate surface area is 175 Å². The molecule has 3 aromatic rings. The molecule has 1 aliphatic carbocycles. The molecule has 1 aliphatic rings. The summed E-state index contributed by atoms with van der Waals surface area (Å²) < 4.78 is 65.2. The van der Waals surface area contributed by atoms with Crippen molar-refractivity contribution in [3.63, 3.8) is 0 Å². The summed E-state index contributed by atoms with van der Waals surface area (Å²) >= 11 is 0. The molecule has 1 amide bonds. The van der Waals surface area contributed by atoms with Gasteiger partial charge in [0, 0.05) is 48.8 Å². The molecule has 4 rings (SSSR count). The number of nitrogens with two attached hydrogens (primary N) is 1. The highest BCUT2D eigenvalue weighted by molar-refractivity contribution is 7.89. The quantitative estimate of drug-likeness (QED) is 0.616. The average Bonchev–Trinajstić information content (AvgIpc) is 3.19. The summed E-state index contributed by atoms with van der Waals surface area (Å²) in [7, 11) is -4.08. The highest BCUT2D eigenvalue weighted by atomic mass is 32.2. The molecule has 8 nitrogen and oxygen atoms in total. The maximum atomic E-state index is 13.7. The van der Waals surface area contributed by atoms with Crippen LogP contribution in [0.3, 0.4) is 0 Å². The van der Waals surface area contributed by atoms with Crippen LogP contribution in [-0.4, -0.2) is 35.0 Å². The van der Waals surface area contributed by atoms with Gasteiger partial charge in [-0.25, -0.2) is 31.7 Å². The van der Waals surface area contributed by atoms with E-state index in [4.69, 9.17) is 5.14 Å². The lowest BCUT2D eigenvalue weighted by atomic mass is 10.1. The lowest BCUT2D eigenvalue weighted by Gasteiger charge is -2.13. The van der Waals surface area contributed by atoms with Crippen LogP contribution in [0.1, 0.15) is 29.8 Å². The number of primary sulfonamides is 1. The van der Waals surface area contributed by atoms with Crippen LogP contribution in [0.2, 0.25) is 0 Å². The van der Waals surface area contributed by atoms with Gasteiger partial charge >= 0.3 is 0 Å². The molecule has 164 valence electrons. The van der Waals surface area contributed by atoms with Gasteiger partial charge in [0.1, 0.15) is 11.5 Å². The Bertz CT molecular complexity index is 1280. The minimum Gasteiger partial charge on any atom is -0.320 e. The van der Waals surface area contributed by atoms with Crippen molar-refractivity contribution in [1.82, 2.24) is 14.8 Å². The van der Waals surface area contributed by atoms with Gasteiger partial charge in [0.2, 0.25) is 5.92 Å². The van der Waals surface area contributed by atoms with Crippen molar-refractivity contribution in [2.45, 2.75) is 36.8 Å². The van der Waals surface area contributed by atoms with Crippen molar-refractivity contribution in [3.8, 4) is 0 Å². The lowest BCUT2D eigenvalue weighted by Crippen LogP contribution is -2.21. The zero-order valence-corrected chi connectivity index (χ0v) is 16.9. The number of hydrogen-bond acceptors (Lipinski definition) is 5. The molecule has 2 aromatic heterocycles. The molecule has 12 heteroatoms. The van der Waals surface area contributed by atoms with Gasteiger partial charge in [0.25, 0.3) is 15.9 Å². The summed E-state index contributed by atoms with van der Waals surface area (Å²) in [5, 5.41) is 11.8. The first kappa shape index (κ1) is 21.2. The third-order valence-corrected chi connectivity index (χ3v) is 5.94. The maximum Gasteiger partial charge on any atom is 0.274 e. The number of nitrogens with zero attached hydrogens (tertiary/aromatic N) is 3. The van der Waals surface area contributed by atoms with E-state index in [1.807, 2.05) is 0 Å². The number of carbonyl (C=O) groups excluding carboxylic acids is 1. The van der Waals surface area contributed by atoms with E-state index in [0.29, 0.717) is 5.39 Å². The number of amides is 1. The Morgan fingerprint density at radius 2 is 2.06 bits per heavy atom. The minimum atomic E-state index is -4.08. The number of sulfonamides is 1. The molecular formula is C19H18F3N5O3S. The summed E-state index contributed by atoms with van der Waals surface area (Å²) in [6, 6.07) is 6.16. The van der Waals surface area contributed by atoms with E-state index in [2.05, 4.69) is 15.4 Å². The van der Waals surface area contributed by atoms with E-state index >= 15 is 0 Å². The zero-order valence-electron chi connectivity index (χ0n) is 16.1. The monoisotopic (exact) mass is 453 g/mol. The van der Waals surface area contributed by atoms with Crippen LogP contribution in [-0.2, 0) is 16.6 Å². The van der Waals surface area contributed by atoms with E-state index in [9.17, 15) is 26.4 Å². The Morgan fingerprint density at radius 3 is 2.74 bits per heavy atom. The standard InChI is InChI=1S/C19H18F3N5O3S/c20-12-1-2-14-15(7-12)26-27(10-11-3-5-19(21,22)9-11)17(14)18(28)25-13-4-6-24-16(8-13)31(23,29)30/h1-2,4,6-8,11H,3,5,9-10H2,(H2,23,29,30)(H,24,25,28). The van der Waals surface area contributed by atoms with Crippen LogP contribution in [0, 0.1) is 11.7 Å². The Kier molecular flexibility index (Phi) is 5.21. The predicted molar refractivity (Wildman–Crippen MR) is 106 cm³/mol. The van der Waals surface area contributed by atoms with E-state index in [0.717, 1.165) is 12.1 Å². The first-order valence-corrected chi connectivity index (χ1v) is 10.9. The Hall–Kier alpha value is -2.99. The van der Waals surface area contributed by atoms with Crippen molar-refractivity contribution in [1.29, 1.82) is 0 Å². The molecule has 0 radical (unpaired) electrons. The summed E-state index contributed by atoms with van der Waals surface area (Å²) in [6.45, 7) is 0.0629. The SMILES string of the molecule is NS(=O)(=O)c1cc(NC(=O)c2c3ccc(F)cc3nn2CC2CCC(F)(F)C2)ccn1. The van der Waals surface area contributed by atoms with E-state index in [-0.39, 0.29) is 42.7 Å². The van der Waals surface area contributed by atoms with Crippen LogP contribution in [0.15, 0.2) is 41.6 Å². The molecule has 0 bridgehead atoms. The number of alkyl halides is 2. The summed E-state index contributed by atoms with van der Waals surface area (Å²) in [5.74, 6) is -4.36. The molecule has 3 N–H and O–H groups in total. The summed E-state index contributed by atoms with van der Waals surface area (Å²) in [6.07, 6.45) is 0.893. The van der Waals surface area contributed by atoms with Crippen LogP contribution in [0.4, 0.5) is 18.9 Å². The fourth-order valence-electron chi connectivity index (χ4n) is 3.75. The Balaban J connectivity index is 1.69. The van der Waals surface area contributed by atoms with Crippen molar-refractivity contribution < 1.29 is 26.4 Å². The molecule has 31 heavy (non-hydrogen) atoms. The third-order valence-electron chi connectivity index (χ3n) is 5.14. The number of anilines is 1. The van der Waals surface area contributed by atoms with Crippen LogP contribution in [0.25, 0.3) is 10.9 Å². The molecule has 2 heterocycles. The fraction of sp³-hybridized carbons (Fsp3) is 0.316. The van der Waals surface area contributed by atoms with E-state index in [1.165, 1.54) is 29.1 Å². The molecule has 1 atom stereocenters. The molecule has 1 unspecified atom stereocenters. The molecule has 1 saturated carbocycles. The van der Waals surface area contributed by atoms with Gasteiger partial charge in [-0.1, -0.05) is 0 Å². The minimum absolute atomic E-state index is 0.0548. The van der Waals surface area contributed by atoms with Crippen molar-refractivity contribution in [3.05, 3.63) is 48.0 Å². The molecule has 0 aliphatic heterocycles. The van der Waals surface area contributed by atoms with Crippen molar-refractivity contribution >= 4 is 32.5 Å². The topological polar surface area (TPSA) is 120 Å². The smallest absolute Gasteiger partial charge is 0.274 e. The second kappa shape index (κ2) is 7.61. The van der Waals surface area contributed by atoms with Gasteiger partial charge in [-0.3, -0.25) is 9.48 Å². The molecule has 0 saturated heterocycles. The van der Waals surface area contributed by atoms with Gasteiger partial charge in [-0.2, -0.15) is 5.10 Å². The number of benzene rings is 1. The fourth-order valence-corrected chi connectivity index (χ4v) is 4.25. The van der Waals surface area contributed by atoms with E-state index in [1.54, 1.807) is 0 Å². The van der Waals surface area contributed by atoms with Gasteiger partial charge in [0.05, 0.1) is 5.52 Å². The van der Waals surface area contributed by atoms with Gasteiger partial charge < -0.3 is 5.32 Å². The molecule has 0 spiro atoms. The first-order chi connectivity index (χ1) is 14.5. The van der Waals surface area contributed by atoms with Crippen LogP contribution in [0.5, 0.6) is 0 Å². The predicted octanol–water partition coefficient (Wildman–Crippen LogP) is 2.91. The Morgan fingerprint density at radius 1 is 1.29 bits per heavy atom. The van der Waals surface area contributed by atoms with E-state index < -0.39 is 38.6 Å². The summed E-state index contributed by atoms with van der Waals surface area (Å²) in [4.78, 5) is 16.7. The van der Waals surface area contributed by atoms with Gasteiger partial charge in [0.15, 0.2) is 5.03 Å². The number of pyridine rings is 1. The lowest BCUT2D eigenvalue weighted by molar-refractivity contribution is 0.00422. The highest BCUT2D eigenvalue weighted by Crippen LogP contribution is 2.39. The number of carbonyl (C=O) groups is 1. The summed E-state index contributed by atoms with van der Waals surface area (Å²) in [5.41, 5.74) is 0.369. The number of aromatic nitrogens is 3. The number of rotatable bonds is 5. The molecule has 1 fully saturated rings. The van der Waals surface area contributed by atoms with Crippen LogP contribution >= 0.6 is 0 Å². The number of nitrogens with one attached hydrogen (secondary N) is 1. The number of hydrogen-bond donors (Lipinski definition) is 2. The number of halogens is 3. The van der Waals surface area contributed by atoms with Crippen molar-refractivity contribution in [2.24, 2.45) is 11.1 Å². The zero-order chi connectivity index (χ0) is 22.4. The highest BCUT2D eigenvalue weighted by Gasteiger charge is 2.40. The van der Waals surface area contributed by atoms with Gasteiger partial charge in [-0.05, 0) is 30.5 Å². The third kappa shape index (κ3) is 4.54. The van der Waals surface area contributed by atoms with Crippen molar-refractivity contribution in [2.75, 3.05) is 5.32 Å². The average molecular weight is 453 g/mol. The van der Waals surface area contributed by atoms with Gasteiger partial charge in [-0.15, -0.1) is 0 Å². The normalized spacial score (nSPS) is 18.4. The van der Waals surface area contributed by atoms with Crippen LogP contribution < -0.4 is 10.5 Å². The second-order valence-electron chi connectivity index (χ2n) is 7.54.